The summed E-state index contributed by atoms with van der Waals surface area (Å²) in [5.74, 6) is -0.430. The highest BCUT2D eigenvalue weighted by molar-refractivity contribution is 5.75. The van der Waals surface area contributed by atoms with E-state index < -0.39 is 12.0 Å². The predicted octanol–water partition coefficient (Wildman–Crippen LogP) is 0.855. The van der Waals surface area contributed by atoms with Gasteiger partial charge in [0, 0.05) is 6.04 Å². The average Bonchev–Trinajstić information content (AvgIpc) is 2.28. The molecule has 0 fully saturated rings. The molecule has 0 heterocycles. The molecule has 0 radical (unpaired) electrons. The molecule has 0 aliphatic carbocycles. The van der Waals surface area contributed by atoms with Gasteiger partial charge in [-0.05, 0) is 12.8 Å². The zero-order valence-electron chi connectivity index (χ0n) is 9.69. The van der Waals surface area contributed by atoms with Crippen molar-refractivity contribution >= 4 is 5.97 Å². The summed E-state index contributed by atoms with van der Waals surface area (Å²) in [4.78, 5) is 11.2. The number of aliphatic hydroxyl groups excluding tert-OH is 1. The van der Waals surface area contributed by atoms with Gasteiger partial charge in [-0.15, -0.1) is 0 Å². The Hall–Kier alpha value is -0.870. The van der Waals surface area contributed by atoms with Crippen molar-refractivity contribution in [2.75, 3.05) is 13.7 Å². The molecule has 0 spiro atoms. The van der Waals surface area contributed by atoms with Crippen molar-refractivity contribution in [3.63, 3.8) is 0 Å². The van der Waals surface area contributed by atoms with Gasteiger partial charge in [-0.1, -0.05) is 26.0 Å². The first-order valence-electron chi connectivity index (χ1n) is 5.30. The van der Waals surface area contributed by atoms with Crippen molar-refractivity contribution in [1.29, 1.82) is 0 Å². The van der Waals surface area contributed by atoms with Gasteiger partial charge >= 0.3 is 5.97 Å². The highest BCUT2D eigenvalue weighted by Crippen LogP contribution is 1.98. The summed E-state index contributed by atoms with van der Waals surface area (Å²) in [6.45, 7) is 3.82. The van der Waals surface area contributed by atoms with Crippen molar-refractivity contribution < 1.29 is 14.6 Å². The molecular weight excluding hydrogens is 194 g/mol. The predicted molar refractivity (Wildman–Crippen MR) is 59.5 cm³/mol. The lowest BCUT2D eigenvalue weighted by Crippen LogP contribution is -2.45. The molecule has 2 N–H and O–H groups in total. The van der Waals surface area contributed by atoms with Crippen LogP contribution in [0.3, 0.4) is 0 Å². The van der Waals surface area contributed by atoms with Crippen LogP contribution in [-0.4, -0.2) is 36.9 Å². The van der Waals surface area contributed by atoms with Crippen molar-refractivity contribution in [3.05, 3.63) is 12.2 Å². The zero-order chi connectivity index (χ0) is 11.7. The highest BCUT2D eigenvalue weighted by Gasteiger charge is 2.19. The Morgan fingerprint density at radius 1 is 1.53 bits per heavy atom. The van der Waals surface area contributed by atoms with Gasteiger partial charge in [0.15, 0.2) is 0 Å². The van der Waals surface area contributed by atoms with Gasteiger partial charge in [-0.2, -0.15) is 0 Å². The molecule has 0 aromatic rings. The third kappa shape index (κ3) is 5.54. The van der Waals surface area contributed by atoms with Gasteiger partial charge in [0.2, 0.25) is 0 Å². The van der Waals surface area contributed by atoms with E-state index in [1.54, 1.807) is 0 Å². The van der Waals surface area contributed by atoms with E-state index in [0.29, 0.717) is 0 Å². The Kier molecular flexibility index (Phi) is 7.95. The van der Waals surface area contributed by atoms with E-state index in [9.17, 15) is 4.79 Å². The molecule has 0 bridgehead atoms. The Labute approximate surface area is 91.3 Å². The summed E-state index contributed by atoms with van der Waals surface area (Å²) in [5.41, 5.74) is 0. The van der Waals surface area contributed by atoms with Crippen molar-refractivity contribution in [2.45, 2.75) is 38.8 Å². The summed E-state index contributed by atoms with van der Waals surface area (Å²) in [7, 11) is 1.31. The van der Waals surface area contributed by atoms with Gasteiger partial charge in [0.25, 0.3) is 0 Å². The van der Waals surface area contributed by atoms with Gasteiger partial charge in [0.05, 0.1) is 13.7 Å². The molecular formula is C11H21NO3. The number of nitrogens with one attached hydrogen (secondary N) is 1. The lowest BCUT2D eigenvalue weighted by Gasteiger charge is -2.19. The molecule has 0 amide bonds. The summed E-state index contributed by atoms with van der Waals surface area (Å²) in [5, 5.41) is 12.0. The number of esters is 1. The smallest absolute Gasteiger partial charge is 0.325 e. The van der Waals surface area contributed by atoms with E-state index in [4.69, 9.17) is 5.11 Å². The third-order valence-electron chi connectivity index (χ3n) is 2.13. The number of rotatable bonds is 7. The first-order chi connectivity index (χ1) is 7.19. The first-order valence-corrected chi connectivity index (χ1v) is 5.30. The summed E-state index contributed by atoms with van der Waals surface area (Å²) in [6.07, 6.45) is 5.86. The fourth-order valence-electron chi connectivity index (χ4n) is 1.21. The maximum atomic E-state index is 11.2. The van der Waals surface area contributed by atoms with E-state index >= 15 is 0 Å². The molecule has 0 aliphatic rings. The van der Waals surface area contributed by atoms with Crippen LogP contribution in [0, 0.1) is 0 Å². The van der Waals surface area contributed by atoms with E-state index in [-0.39, 0.29) is 12.6 Å². The highest BCUT2D eigenvalue weighted by atomic mass is 16.5. The zero-order valence-corrected chi connectivity index (χ0v) is 9.69. The lowest BCUT2D eigenvalue weighted by molar-refractivity contribution is -0.144. The number of carbonyl (C=O) groups is 1. The van der Waals surface area contributed by atoms with Crippen LogP contribution in [0.4, 0.5) is 0 Å². The van der Waals surface area contributed by atoms with Crippen LogP contribution in [-0.2, 0) is 9.53 Å². The molecule has 2 atom stereocenters. The minimum absolute atomic E-state index is 0.0983. The van der Waals surface area contributed by atoms with E-state index in [1.807, 2.05) is 26.0 Å². The minimum atomic E-state index is -0.638. The molecule has 0 rings (SSSR count). The standard InChI is InChI=1S/C11H21NO3/c1-4-6-7-9(5-2)12-10(8-13)11(14)15-3/h6-7,9-10,12-13H,4-5,8H2,1-3H3/b7-6+/t9-,10-/m0/s1. The van der Waals surface area contributed by atoms with Crippen LogP contribution >= 0.6 is 0 Å². The summed E-state index contributed by atoms with van der Waals surface area (Å²) in [6, 6.07) is -0.539. The SMILES string of the molecule is CC/C=C/[C@H](CC)N[C@@H](CO)C(=O)OC. The molecule has 4 nitrogen and oxygen atoms in total. The third-order valence-corrected chi connectivity index (χ3v) is 2.13. The Morgan fingerprint density at radius 3 is 2.60 bits per heavy atom. The van der Waals surface area contributed by atoms with Crippen LogP contribution in [0.1, 0.15) is 26.7 Å². The number of ether oxygens (including phenoxy) is 1. The Bertz CT molecular complexity index is 204. The van der Waals surface area contributed by atoms with Crippen LogP contribution in [0.2, 0.25) is 0 Å². The second-order valence-electron chi connectivity index (χ2n) is 3.28. The molecule has 0 saturated heterocycles. The summed E-state index contributed by atoms with van der Waals surface area (Å²) >= 11 is 0. The number of hydrogen-bond donors (Lipinski definition) is 2. The lowest BCUT2D eigenvalue weighted by atomic mass is 10.1. The van der Waals surface area contributed by atoms with Crippen molar-refractivity contribution in [2.24, 2.45) is 0 Å². The van der Waals surface area contributed by atoms with Crippen LogP contribution in [0.15, 0.2) is 12.2 Å². The number of carbonyl (C=O) groups excluding carboxylic acids is 1. The Morgan fingerprint density at radius 2 is 2.20 bits per heavy atom. The van der Waals surface area contributed by atoms with E-state index in [2.05, 4.69) is 10.1 Å². The van der Waals surface area contributed by atoms with Gasteiger partial charge in [-0.25, -0.2) is 0 Å². The maximum absolute atomic E-state index is 11.2. The molecule has 0 aromatic heterocycles. The Balaban J connectivity index is 4.23. The van der Waals surface area contributed by atoms with Crippen LogP contribution < -0.4 is 5.32 Å². The quantitative estimate of drug-likeness (QED) is 0.488. The van der Waals surface area contributed by atoms with Crippen molar-refractivity contribution in [3.8, 4) is 0 Å². The summed E-state index contributed by atoms with van der Waals surface area (Å²) < 4.78 is 4.57. The van der Waals surface area contributed by atoms with E-state index in [0.717, 1.165) is 12.8 Å². The number of methoxy groups -OCH3 is 1. The minimum Gasteiger partial charge on any atom is -0.468 e. The molecule has 0 unspecified atom stereocenters. The first kappa shape index (κ1) is 14.1. The topological polar surface area (TPSA) is 58.6 Å². The molecule has 4 heteroatoms. The monoisotopic (exact) mass is 215 g/mol. The molecule has 88 valence electrons. The van der Waals surface area contributed by atoms with Crippen LogP contribution in [0.25, 0.3) is 0 Å². The van der Waals surface area contributed by atoms with Crippen molar-refractivity contribution in [1.82, 2.24) is 5.32 Å². The number of hydrogen-bond acceptors (Lipinski definition) is 4. The van der Waals surface area contributed by atoms with Gasteiger partial charge in [-0.3, -0.25) is 10.1 Å². The molecule has 0 aliphatic heterocycles. The van der Waals surface area contributed by atoms with Crippen LogP contribution in [0.5, 0.6) is 0 Å². The maximum Gasteiger partial charge on any atom is 0.325 e. The van der Waals surface area contributed by atoms with Gasteiger partial charge in [0.1, 0.15) is 6.04 Å². The largest absolute Gasteiger partial charge is 0.468 e. The molecule has 15 heavy (non-hydrogen) atoms. The fraction of sp³-hybridized carbons (Fsp3) is 0.727. The number of allylic oxidation sites excluding steroid dienone is 1. The normalized spacial score (nSPS) is 15.2. The van der Waals surface area contributed by atoms with E-state index in [1.165, 1.54) is 7.11 Å². The van der Waals surface area contributed by atoms with Gasteiger partial charge < -0.3 is 9.84 Å². The molecule has 0 aromatic carbocycles. The number of aliphatic hydroxyl groups is 1. The average molecular weight is 215 g/mol. The fourth-order valence-corrected chi connectivity index (χ4v) is 1.21. The second kappa shape index (κ2) is 8.44. The second-order valence-corrected chi connectivity index (χ2v) is 3.28. The molecule has 0 saturated carbocycles.